The van der Waals surface area contributed by atoms with Gasteiger partial charge in [0.2, 0.25) is 0 Å². The zero-order valence-corrected chi connectivity index (χ0v) is 12.6. The summed E-state index contributed by atoms with van der Waals surface area (Å²) in [6, 6.07) is 7.21. The Kier molecular flexibility index (Phi) is 3.39. The molecule has 6 heteroatoms. The highest BCUT2D eigenvalue weighted by Crippen LogP contribution is 2.20. The first-order valence-corrected chi connectivity index (χ1v) is 7.52. The Morgan fingerprint density at radius 3 is 2.95 bits per heavy atom. The van der Waals surface area contributed by atoms with Crippen molar-refractivity contribution < 1.29 is 4.79 Å². The fourth-order valence-electron chi connectivity index (χ4n) is 2.18. The van der Waals surface area contributed by atoms with Crippen molar-refractivity contribution in [1.29, 1.82) is 0 Å². The number of fused-ring (bicyclic) bond motifs is 1. The highest BCUT2D eigenvalue weighted by Gasteiger charge is 2.15. The molecule has 2 aromatic heterocycles. The van der Waals surface area contributed by atoms with E-state index in [2.05, 4.69) is 15.3 Å². The van der Waals surface area contributed by atoms with E-state index in [1.54, 1.807) is 17.4 Å². The molecule has 0 aliphatic carbocycles. The summed E-state index contributed by atoms with van der Waals surface area (Å²) < 4.78 is 0. The van der Waals surface area contributed by atoms with Crippen molar-refractivity contribution in [2.75, 3.05) is 5.73 Å². The number of carbonyl (C=O) groups excluding carboxylic acids is 1. The molecule has 3 aromatic rings. The Morgan fingerprint density at radius 2 is 2.24 bits per heavy atom. The summed E-state index contributed by atoms with van der Waals surface area (Å²) in [5.74, 6) is -0.148. The maximum absolute atomic E-state index is 12.3. The number of rotatable bonds is 3. The number of hydrogen-bond acceptors (Lipinski definition) is 4. The molecule has 1 unspecified atom stereocenters. The van der Waals surface area contributed by atoms with Gasteiger partial charge in [-0.05, 0) is 38.1 Å². The lowest BCUT2D eigenvalue weighted by atomic mass is 10.2. The third kappa shape index (κ3) is 2.75. The van der Waals surface area contributed by atoms with Gasteiger partial charge in [-0.3, -0.25) is 4.79 Å². The summed E-state index contributed by atoms with van der Waals surface area (Å²) in [7, 11) is 0. The van der Waals surface area contributed by atoms with E-state index in [9.17, 15) is 4.79 Å². The van der Waals surface area contributed by atoms with Gasteiger partial charge in [0, 0.05) is 27.7 Å². The summed E-state index contributed by atoms with van der Waals surface area (Å²) in [5, 5.41) is 6.76. The van der Waals surface area contributed by atoms with Crippen molar-refractivity contribution >= 4 is 33.8 Å². The Bertz CT molecular complexity index is 805. The van der Waals surface area contributed by atoms with Crippen LogP contribution in [0.5, 0.6) is 0 Å². The summed E-state index contributed by atoms with van der Waals surface area (Å²) in [5.41, 5.74) is 8.82. The molecular weight excluding hydrogens is 284 g/mol. The third-order valence-corrected chi connectivity index (χ3v) is 4.39. The van der Waals surface area contributed by atoms with Gasteiger partial charge in [0.05, 0.1) is 6.04 Å². The number of aromatic amines is 1. The molecule has 2 heterocycles. The topological polar surface area (TPSA) is 83.8 Å². The Hall–Kier alpha value is -2.34. The first kappa shape index (κ1) is 13.6. The number of benzene rings is 1. The van der Waals surface area contributed by atoms with E-state index in [0.29, 0.717) is 11.4 Å². The number of nitrogens with one attached hydrogen (secondary N) is 2. The lowest BCUT2D eigenvalue weighted by Crippen LogP contribution is -2.26. The number of hydrogen-bond donors (Lipinski definition) is 3. The monoisotopic (exact) mass is 300 g/mol. The van der Waals surface area contributed by atoms with Crippen molar-refractivity contribution in [2.24, 2.45) is 0 Å². The van der Waals surface area contributed by atoms with Gasteiger partial charge in [-0.2, -0.15) is 0 Å². The molecule has 4 N–H and O–H groups in total. The van der Waals surface area contributed by atoms with Crippen molar-refractivity contribution in [3.8, 4) is 0 Å². The van der Waals surface area contributed by atoms with Crippen molar-refractivity contribution in [2.45, 2.75) is 19.9 Å². The van der Waals surface area contributed by atoms with Gasteiger partial charge < -0.3 is 16.0 Å². The van der Waals surface area contributed by atoms with E-state index in [1.165, 1.54) is 0 Å². The number of carbonyl (C=O) groups is 1. The minimum absolute atomic E-state index is 0.118. The van der Waals surface area contributed by atoms with Crippen LogP contribution in [0.15, 0.2) is 29.6 Å². The van der Waals surface area contributed by atoms with Gasteiger partial charge in [-0.15, -0.1) is 11.3 Å². The van der Waals surface area contributed by atoms with Crippen LogP contribution in [0, 0.1) is 6.92 Å². The Labute approximate surface area is 126 Å². The second-order valence-corrected chi connectivity index (χ2v) is 5.94. The molecule has 21 heavy (non-hydrogen) atoms. The average Bonchev–Trinajstić information content (AvgIpc) is 3.04. The van der Waals surface area contributed by atoms with Gasteiger partial charge in [0.15, 0.2) is 0 Å². The van der Waals surface area contributed by atoms with E-state index < -0.39 is 0 Å². The number of H-pyrrole nitrogens is 1. The predicted octanol–water partition coefficient (Wildman–Crippen LogP) is 3.01. The molecule has 1 atom stereocenters. The molecule has 0 spiro atoms. The summed E-state index contributed by atoms with van der Waals surface area (Å²) in [6.45, 7) is 3.87. The number of nitrogens with zero attached hydrogens (tertiary/aromatic N) is 1. The maximum atomic E-state index is 12.3. The standard InChI is InChI=1S/C15H16N4OS/c1-8-7-21-15(17-8)9(2)18-14(20)13-6-10-5-11(16)3-4-12(10)19-13/h3-7,9,19H,16H2,1-2H3,(H,18,20). The number of anilines is 1. The molecule has 1 aromatic carbocycles. The molecule has 0 aliphatic heterocycles. The fraction of sp³-hybridized carbons (Fsp3) is 0.200. The molecule has 0 fully saturated rings. The number of nitrogens with two attached hydrogens (primary N) is 1. The summed E-state index contributed by atoms with van der Waals surface area (Å²) in [6.07, 6.45) is 0. The highest BCUT2D eigenvalue weighted by molar-refractivity contribution is 7.09. The summed E-state index contributed by atoms with van der Waals surface area (Å²) in [4.78, 5) is 19.8. The number of aryl methyl sites for hydroxylation is 1. The fourth-order valence-corrected chi connectivity index (χ4v) is 2.98. The Balaban J connectivity index is 1.80. The van der Waals surface area contributed by atoms with Crippen molar-refractivity contribution in [1.82, 2.24) is 15.3 Å². The van der Waals surface area contributed by atoms with Crippen molar-refractivity contribution in [3.63, 3.8) is 0 Å². The van der Waals surface area contributed by atoms with Crippen LogP contribution in [0.3, 0.4) is 0 Å². The molecule has 0 aliphatic rings. The third-order valence-electron chi connectivity index (χ3n) is 3.24. The highest BCUT2D eigenvalue weighted by atomic mass is 32.1. The second kappa shape index (κ2) is 5.21. The number of amides is 1. The molecule has 108 valence electrons. The first-order valence-electron chi connectivity index (χ1n) is 6.64. The van der Waals surface area contributed by atoms with Crippen LogP contribution in [0.1, 0.15) is 34.2 Å². The van der Waals surface area contributed by atoms with E-state index in [1.807, 2.05) is 37.4 Å². The minimum atomic E-state index is -0.148. The van der Waals surface area contributed by atoms with Crippen LogP contribution in [0.4, 0.5) is 5.69 Å². The van der Waals surface area contributed by atoms with Crippen LogP contribution in [-0.4, -0.2) is 15.9 Å². The molecule has 0 radical (unpaired) electrons. The van der Waals surface area contributed by atoms with Gasteiger partial charge in [-0.25, -0.2) is 4.98 Å². The normalized spacial score (nSPS) is 12.5. The van der Waals surface area contributed by atoms with Gasteiger partial charge in [-0.1, -0.05) is 0 Å². The van der Waals surface area contributed by atoms with Crippen molar-refractivity contribution in [3.05, 3.63) is 46.0 Å². The number of thiazole rings is 1. The molecule has 1 amide bonds. The van der Waals surface area contributed by atoms with Gasteiger partial charge in [0.25, 0.3) is 5.91 Å². The second-order valence-electron chi connectivity index (χ2n) is 5.05. The molecule has 3 rings (SSSR count). The van der Waals surface area contributed by atoms with E-state index >= 15 is 0 Å². The van der Waals surface area contributed by atoms with Crippen LogP contribution in [0.25, 0.3) is 10.9 Å². The minimum Gasteiger partial charge on any atom is -0.399 e. The lowest BCUT2D eigenvalue weighted by Gasteiger charge is -2.10. The predicted molar refractivity (Wildman–Crippen MR) is 85.4 cm³/mol. The van der Waals surface area contributed by atoms with Crippen LogP contribution in [-0.2, 0) is 0 Å². The average molecular weight is 300 g/mol. The quantitative estimate of drug-likeness (QED) is 0.650. The number of aromatic nitrogens is 2. The van der Waals surface area contributed by atoms with E-state index in [4.69, 9.17) is 5.73 Å². The number of nitrogen functional groups attached to an aromatic ring is 1. The van der Waals surface area contributed by atoms with Crippen LogP contribution >= 0.6 is 11.3 Å². The van der Waals surface area contributed by atoms with Crippen LogP contribution in [0.2, 0.25) is 0 Å². The Morgan fingerprint density at radius 1 is 1.43 bits per heavy atom. The first-order chi connectivity index (χ1) is 10.0. The molecule has 5 nitrogen and oxygen atoms in total. The SMILES string of the molecule is Cc1csc(C(C)NC(=O)c2cc3cc(N)ccc3[nH]2)n1. The smallest absolute Gasteiger partial charge is 0.268 e. The largest absolute Gasteiger partial charge is 0.399 e. The molecular formula is C15H16N4OS. The van der Waals surface area contributed by atoms with E-state index in [-0.39, 0.29) is 11.9 Å². The zero-order valence-electron chi connectivity index (χ0n) is 11.8. The molecule has 0 saturated carbocycles. The van der Waals surface area contributed by atoms with Gasteiger partial charge >= 0.3 is 0 Å². The summed E-state index contributed by atoms with van der Waals surface area (Å²) >= 11 is 1.55. The zero-order chi connectivity index (χ0) is 15.0. The van der Waals surface area contributed by atoms with E-state index in [0.717, 1.165) is 21.6 Å². The maximum Gasteiger partial charge on any atom is 0.268 e. The van der Waals surface area contributed by atoms with Gasteiger partial charge in [0.1, 0.15) is 10.7 Å². The molecule has 0 saturated heterocycles. The lowest BCUT2D eigenvalue weighted by molar-refractivity contribution is 0.0935. The van der Waals surface area contributed by atoms with Crippen LogP contribution < -0.4 is 11.1 Å². The molecule has 0 bridgehead atoms.